The van der Waals surface area contributed by atoms with Crippen molar-refractivity contribution in [1.29, 1.82) is 0 Å². The molecule has 0 fully saturated rings. The molecule has 1 atom stereocenters. The summed E-state index contributed by atoms with van der Waals surface area (Å²) in [4.78, 5) is 40.8. The SMILES string of the molecule is CC(C)(C)OC(=O)N[C@@H](CCCCOC(N)=O)C(=O)N(CCc1cccs1)Cc1cccs1. The zero-order valence-corrected chi connectivity index (χ0v) is 21.0. The van der Waals surface area contributed by atoms with Crippen LogP contribution >= 0.6 is 22.7 Å². The van der Waals surface area contributed by atoms with Gasteiger partial charge in [0.2, 0.25) is 5.91 Å². The first kappa shape index (κ1) is 26.7. The normalized spacial score (nSPS) is 12.1. The molecular weight excluding hydrogens is 462 g/mol. The van der Waals surface area contributed by atoms with Crippen LogP contribution < -0.4 is 11.1 Å². The standard InChI is InChI=1S/C23H33N3O5S2/c1-23(2,3)31-22(29)25-19(10-4-5-13-30-21(24)28)20(27)26(16-18-9-7-15-33-18)12-11-17-8-6-14-32-17/h6-9,14-15,19H,4-5,10-13,16H2,1-3H3,(H2,24,28)(H,25,29)/t19-/m0/s1. The van der Waals surface area contributed by atoms with Crippen molar-refractivity contribution in [3.63, 3.8) is 0 Å². The molecule has 0 aliphatic heterocycles. The van der Waals surface area contributed by atoms with E-state index in [1.807, 2.05) is 35.0 Å². The van der Waals surface area contributed by atoms with Gasteiger partial charge in [-0.25, -0.2) is 9.59 Å². The van der Waals surface area contributed by atoms with Crippen molar-refractivity contribution in [3.05, 3.63) is 44.8 Å². The molecular formula is C23H33N3O5S2. The van der Waals surface area contributed by atoms with Crippen molar-refractivity contribution in [2.45, 2.75) is 64.6 Å². The van der Waals surface area contributed by atoms with Crippen LogP contribution in [-0.2, 0) is 27.2 Å². The molecule has 0 bridgehead atoms. The van der Waals surface area contributed by atoms with Crippen LogP contribution in [0.5, 0.6) is 0 Å². The molecule has 0 aromatic carbocycles. The van der Waals surface area contributed by atoms with E-state index in [0.717, 1.165) is 11.3 Å². The van der Waals surface area contributed by atoms with Crippen molar-refractivity contribution >= 4 is 40.8 Å². The number of nitrogens with zero attached hydrogens (tertiary/aromatic N) is 1. The minimum atomic E-state index is -0.829. The van der Waals surface area contributed by atoms with Crippen molar-refractivity contribution in [2.24, 2.45) is 5.73 Å². The fourth-order valence-electron chi connectivity index (χ4n) is 3.11. The summed E-state index contributed by atoms with van der Waals surface area (Å²) >= 11 is 3.24. The van der Waals surface area contributed by atoms with E-state index in [9.17, 15) is 14.4 Å². The molecule has 2 aromatic rings. The first-order valence-electron chi connectivity index (χ1n) is 10.9. The Hall–Kier alpha value is -2.59. The number of thiophene rings is 2. The van der Waals surface area contributed by atoms with E-state index < -0.39 is 23.8 Å². The van der Waals surface area contributed by atoms with Crippen LogP contribution in [0.25, 0.3) is 0 Å². The predicted octanol–water partition coefficient (Wildman–Crippen LogP) is 4.54. The Balaban J connectivity index is 2.09. The summed E-state index contributed by atoms with van der Waals surface area (Å²) in [5.41, 5.74) is 4.31. The number of amides is 3. The average Bonchev–Trinajstić information content (AvgIpc) is 3.42. The van der Waals surface area contributed by atoms with Gasteiger partial charge in [0.05, 0.1) is 13.2 Å². The van der Waals surface area contributed by atoms with E-state index in [1.165, 1.54) is 4.88 Å². The average molecular weight is 496 g/mol. The van der Waals surface area contributed by atoms with Crippen LogP contribution in [0.2, 0.25) is 0 Å². The maximum atomic E-state index is 13.6. The van der Waals surface area contributed by atoms with Gasteiger partial charge in [0.1, 0.15) is 11.6 Å². The van der Waals surface area contributed by atoms with Gasteiger partial charge in [-0.1, -0.05) is 12.1 Å². The Bertz CT molecular complexity index is 863. The van der Waals surface area contributed by atoms with Gasteiger partial charge >= 0.3 is 12.2 Å². The quantitative estimate of drug-likeness (QED) is 0.420. The van der Waals surface area contributed by atoms with E-state index >= 15 is 0 Å². The van der Waals surface area contributed by atoms with Gasteiger partial charge in [-0.2, -0.15) is 0 Å². The fraction of sp³-hybridized carbons (Fsp3) is 0.522. The van der Waals surface area contributed by atoms with Gasteiger partial charge in [-0.05, 0) is 69.3 Å². The molecule has 3 N–H and O–H groups in total. The summed E-state index contributed by atoms with van der Waals surface area (Å²) in [5.74, 6) is -0.165. The maximum Gasteiger partial charge on any atom is 0.408 e. The molecule has 33 heavy (non-hydrogen) atoms. The molecule has 0 aliphatic rings. The van der Waals surface area contributed by atoms with Crippen LogP contribution in [0.3, 0.4) is 0 Å². The lowest BCUT2D eigenvalue weighted by Crippen LogP contribution is -2.50. The van der Waals surface area contributed by atoms with E-state index in [0.29, 0.717) is 32.4 Å². The largest absolute Gasteiger partial charge is 0.450 e. The first-order valence-corrected chi connectivity index (χ1v) is 12.7. The molecule has 2 aromatic heterocycles. The number of rotatable bonds is 12. The van der Waals surface area contributed by atoms with Crippen molar-refractivity contribution in [3.8, 4) is 0 Å². The van der Waals surface area contributed by atoms with Gasteiger partial charge in [0.15, 0.2) is 0 Å². The molecule has 0 unspecified atom stereocenters. The van der Waals surface area contributed by atoms with E-state index in [4.69, 9.17) is 15.2 Å². The van der Waals surface area contributed by atoms with Crippen LogP contribution in [-0.4, -0.2) is 47.8 Å². The molecule has 0 aliphatic carbocycles. The molecule has 0 spiro atoms. The Morgan fingerprint density at radius 2 is 1.76 bits per heavy atom. The molecule has 2 heterocycles. The number of hydrogen-bond donors (Lipinski definition) is 2. The fourth-order valence-corrected chi connectivity index (χ4v) is 4.53. The summed E-state index contributed by atoms with van der Waals surface area (Å²) in [6.45, 7) is 6.49. The highest BCUT2D eigenvalue weighted by Crippen LogP contribution is 2.17. The molecule has 2 rings (SSSR count). The van der Waals surface area contributed by atoms with Gasteiger partial charge in [-0.3, -0.25) is 4.79 Å². The highest BCUT2D eigenvalue weighted by molar-refractivity contribution is 7.10. The van der Waals surface area contributed by atoms with Crippen molar-refractivity contribution in [2.75, 3.05) is 13.2 Å². The Morgan fingerprint density at radius 1 is 1.09 bits per heavy atom. The topological polar surface area (TPSA) is 111 Å². The zero-order valence-electron chi connectivity index (χ0n) is 19.4. The number of carbonyl (C=O) groups is 3. The third kappa shape index (κ3) is 10.7. The third-order valence-corrected chi connectivity index (χ3v) is 6.36. The maximum absolute atomic E-state index is 13.6. The lowest BCUT2D eigenvalue weighted by Gasteiger charge is -2.29. The third-order valence-electron chi connectivity index (χ3n) is 4.57. The number of alkyl carbamates (subject to hydrolysis) is 1. The minimum Gasteiger partial charge on any atom is -0.450 e. The Kier molecular flexibility index (Phi) is 10.7. The smallest absolute Gasteiger partial charge is 0.408 e. The van der Waals surface area contributed by atoms with Crippen LogP contribution in [0.1, 0.15) is 49.8 Å². The molecule has 3 amide bonds. The highest BCUT2D eigenvalue weighted by atomic mass is 32.1. The lowest BCUT2D eigenvalue weighted by atomic mass is 10.1. The van der Waals surface area contributed by atoms with Crippen LogP contribution in [0, 0.1) is 0 Å². The number of unbranched alkanes of at least 4 members (excludes halogenated alkanes) is 1. The molecule has 0 saturated carbocycles. The summed E-state index contributed by atoms with van der Waals surface area (Å²) in [6, 6.07) is 7.24. The van der Waals surface area contributed by atoms with Gasteiger partial charge < -0.3 is 25.4 Å². The van der Waals surface area contributed by atoms with Gasteiger partial charge in [0, 0.05) is 16.3 Å². The number of nitrogens with two attached hydrogens (primary N) is 1. The number of hydrogen-bond acceptors (Lipinski definition) is 7. The predicted molar refractivity (Wildman–Crippen MR) is 130 cm³/mol. The highest BCUT2D eigenvalue weighted by Gasteiger charge is 2.28. The lowest BCUT2D eigenvalue weighted by molar-refractivity contribution is -0.134. The number of ether oxygens (including phenoxy) is 2. The van der Waals surface area contributed by atoms with E-state index in [-0.39, 0.29) is 12.5 Å². The molecule has 0 saturated heterocycles. The molecule has 0 radical (unpaired) electrons. The summed E-state index contributed by atoms with van der Waals surface area (Å²) < 4.78 is 10.1. The Labute approximate surface area is 203 Å². The number of carbonyl (C=O) groups excluding carboxylic acids is 3. The van der Waals surface area contributed by atoms with E-state index in [2.05, 4.69) is 5.32 Å². The Morgan fingerprint density at radius 3 is 2.33 bits per heavy atom. The first-order chi connectivity index (χ1) is 15.6. The number of primary amides is 1. The summed E-state index contributed by atoms with van der Waals surface area (Å²) in [7, 11) is 0. The van der Waals surface area contributed by atoms with E-state index in [1.54, 1.807) is 48.3 Å². The second-order valence-electron chi connectivity index (χ2n) is 8.53. The monoisotopic (exact) mass is 495 g/mol. The van der Waals surface area contributed by atoms with Crippen LogP contribution in [0.15, 0.2) is 35.0 Å². The van der Waals surface area contributed by atoms with Crippen LogP contribution in [0.4, 0.5) is 9.59 Å². The summed E-state index contributed by atoms with van der Waals surface area (Å²) in [6.07, 6.45) is 0.759. The minimum absolute atomic E-state index is 0.165. The van der Waals surface area contributed by atoms with Crippen molar-refractivity contribution in [1.82, 2.24) is 10.2 Å². The molecule has 10 heteroatoms. The second kappa shape index (κ2) is 13.2. The van der Waals surface area contributed by atoms with Gasteiger partial charge in [-0.15, -0.1) is 22.7 Å². The molecule has 8 nitrogen and oxygen atoms in total. The zero-order chi connectivity index (χ0) is 24.3. The van der Waals surface area contributed by atoms with Gasteiger partial charge in [0.25, 0.3) is 0 Å². The van der Waals surface area contributed by atoms with Crippen molar-refractivity contribution < 1.29 is 23.9 Å². The molecule has 182 valence electrons. The number of nitrogens with one attached hydrogen (secondary N) is 1. The summed E-state index contributed by atoms with van der Waals surface area (Å²) in [5, 5.41) is 6.74. The second-order valence-corrected chi connectivity index (χ2v) is 10.6.